The first-order valence-electron chi connectivity index (χ1n) is 11.2. The van der Waals surface area contributed by atoms with Crippen LogP contribution in [-0.2, 0) is 19.5 Å². The molecule has 2 nitrogen and oxygen atoms in total. The van der Waals surface area contributed by atoms with Crippen molar-refractivity contribution in [3.63, 3.8) is 0 Å². The standard InChI is InChI=1S/C26H32N2/c1-18(2)21-11-9-20(10-12-21)17-27-14-5-15-28-24-13-8-19(3)16-23(24)22-6-4-7-25(27)26(22)28/h8-13,16,18,25H,4-7,14-15,17H2,1-3H3/p+1/t25-/m1/s1. The quantitative estimate of drug-likeness (QED) is 0.666. The molecule has 0 bridgehead atoms. The number of nitrogens with zero attached hydrogens (tertiary/aromatic N) is 1. The van der Waals surface area contributed by atoms with E-state index in [0.29, 0.717) is 12.0 Å². The van der Waals surface area contributed by atoms with Crippen molar-refractivity contribution in [3.05, 3.63) is 70.4 Å². The SMILES string of the molecule is Cc1ccc2c(c1)c1c3n2CCC[NH+](Cc2ccc(C(C)C)cc2)[C@@H]3CCC1. The summed E-state index contributed by atoms with van der Waals surface area (Å²) >= 11 is 0. The highest BCUT2D eigenvalue weighted by Gasteiger charge is 2.36. The number of aromatic nitrogens is 1. The van der Waals surface area contributed by atoms with Crippen LogP contribution in [0.25, 0.3) is 10.9 Å². The monoisotopic (exact) mass is 373 g/mol. The number of nitrogens with one attached hydrogen (secondary N) is 1. The number of aryl methyl sites for hydroxylation is 3. The fourth-order valence-corrected chi connectivity index (χ4v) is 5.61. The first-order chi connectivity index (χ1) is 13.6. The Balaban J connectivity index is 1.52. The maximum Gasteiger partial charge on any atom is 0.129 e. The minimum absolute atomic E-state index is 0.611. The summed E-state index contributed by atoms with van der Waals surface area (Å²) in [7, 11) is 0. The van der Waals surface area contributed by atoms with Gasteiger partial charge in [-0.1, -0.05) is 49.7 Å². The van der Waals surface area contributed by atoms with E-state index in [0.717, 1.165) is 6.54 Å². The second-order valence-electron chi connectivity index (χ2n) is 9.32. The van der Waals surface area contributed by atoms with Crippen LogP contribution >= 0.6 is 0 Å². The van der Waals surface area contributed by atoms with Gasteiger partial charge < -0.3 is 9.47 Å². The van der Waals surface area contributed by atoms with Gasteiger partial charge in [0.2, 0.25) is 0 Å². The predicted molar refractivity (Wildman–Crippen MR) is 117 cm³/mol. The van der Waals surface area contributed by atoms with Gasteiger partial charge >= 0.3 is 0 Å². The summed E-state index contributed by atoms with van der Waals surface area (Å²) < 4.78 is 2.68. The molecule has 0 spiro atoms. The molecular weight excluding hydrogens is 340 g/mol. The normalized spacial score (nSPS) is 21.7. The molecule has 28 heavy (non-hydrogen) atoms. The number of hydrogen-bond acceptors (Lipinski definition) is 0. The van der Waals surface area contributed by atoms with Gasteiger partial charge in [-0.25, -0.2) is 0 Å². The van der Waals surface area contributed by atoms with Gasteiger partial charge in [-0.15, -0.1) is 0 Å². The van der Waals surface area contributed by atoms with E-state index in [1.807, 2.05) is 0 Å². The van der Waals surface area contributed by atoms with Crippen LogP contribution in [0.15, 0.2) is 42.5 Å². The molecule has 0 amide bonds. The Kier molecular flexibility index (Phi) is 4.55. The minimum Gasteiger partial charge on any atom is -0.339 e. The molecule has 1 aliphatic carbocycles. The Hall–Kier alpha value is -2.06. The second kappa shape index (κ2) is 7.08. The number of fused-ring (bicyclic) bond motifs is 3. The molecule has 1 aromatic heterocycles. The summed E-state index contributed by atoms with van der Waals surface area (Å²) in [5.74, 6) is 0.611. The van der Waals surface area contributed by atoms with Crippen LogP contribution in [0.4, 0.5) is 0 Å². The molecule has 2 aliphatic rings. The van der Waals surface area contributed by atoms with Crippen LogP contribution in [0.5, 0.6) is 0 Å². The van der Waals surface area contributed by atoms with E-state index >= 15 is 0 Å². The van der Waals surface area contributed by atoms with E-state index in [4.69, 9.17) is 0 Å². The molecule has 2 aromatic carbocycles. The van der Waals surface area contributed by atoms with Crippen molar-refractivity contribution in [3.8, 4) is 0 Å². The molecule has 0 saturated carbocycles. The van der Waals surface area contributed by atoms with Crippen LogP contribution in [0.1, 0.15) is 73.0 Å². The first-order valence-corrected chi connectivity index (χ1v) is 11.2. The zero-order valence-electron chi connectivity index (χ0n) is 17.6. The lowest BCUT2D eigenvalue weighted by Crippen LogP contribution is -3.11. The van der Waals surface area contributed by atoms with Gasteiger partial charge in [0.15, 0.2) is 0 Å². The lowest BCUT2D eigenvalue weighted by Gasteiger charge is -2.31. The predicted octanol–water partition coefficient (Wildman–Crippen LogP) is 4.94. The van der Waals surface area contributed by atoms with Crippen LogP contribution in [0.2, 0.25) is 0 Å². The van der Waals surface area contributed by atoms with E-state index in [1.165, 1.54) is 66.4 Å². The first kappa shape index (κ1) is 18.0. The van der Waals surface area contributed by atoms with E-state index in [9.17, 15) is 0 Å². The van der Waals surface area contributed by atoms with Crippen molar-refractivity contribution in [2.75, 3.05) is 6.54 Å². The Labute approximate surface area is 169 Å². The van der Waals surface area contributed by atoms with Gasteiger partial charge in [-0.3, -0.25) is 0 Å². The van der Waals surface area contributed by atoms with Crippen molar-refractivity contribution >= 4 is 10.9 Å². The third-order valence-electron chi connectivity index (χ3n) is 7.07. The Bertz CT molecular complexity index is 990. The van der Waals surface area contributed by atoms with Crippen molar-refractivity contribution in [2.45, 2.75) is 71.5 Å². The second-order valence-corrected chi connectivity index (χ2v) is 9.32. The minimum atomic E-state index is 0.611. The molecule has 1 unspecified atom stereocenters. The molecule has 3 aromatic rings. The highest BCUT2D eigenvalue weighted by molar-refractivity contribution is 5.86. The van der Waals surface area contributed by atoms with Crippen molar-refractivity contribution < 1.29 is 4.90 Å². The Morgan fingerprint density at radius 1 is 1.07 bits per heavy atom. The zero-order valence-corrected chi connectivity index (χ0v) is 17.6. The van der Waals surface area contributed by atoms with Crippen LogP contribution in [0, 0.1) is 6.92 Å². The van der Waals surface area contributed by atoms with Gasteiger partial charge in [0.1, 0.15) is 12.6 Å². The molecule has 0 saturated heterocycles. The molecule has 0 radical (unpaired) electrons. The lowest BCUT2D eigenvalue weighted by molar-refractivity contribution is -0.945. The Morgan fingerprint density at radius 2 is 1.89 bits per heavy atom. The smallest absolute Gasteiger partial charge is 0.129 e. The maximum atomic E-state index is 2.68. The molecule has 5 rings (SSSR count). The van der Waals surface area contributed by atoms with Crippen LogP contribution < -0.4 is 4.90 Å². The summed E-state index contributed by atoms with van der Waals surface area (Å²) in [4.78, 5) is 1.77. The summed E-state index contributed by atoms with van der Waals surface area (Å²) in [5, 5.41) is 1.53. The molecular formula is C26H33N2+. The fourth-order valence-electron chi connectivity index (χ4n) is 5.61. The highest BCUT2D eigenvalue weighted by atomic mass is 15.2. The molecule has 2 heteroatoms. The van der Waals surface area contributed by atoms with Gasteiger partial charge in [-0.2, -0.15) is 0 Å². The van der Waals surface area contributed by atoms with Gasteiger partial charge in [-0.05, 0) is 48.9 Å². The van der Waals surface area contributed by atoms with Crippen molar-refractivity contribution in [2.24, 2.45) is 0 Å². The third-order valence-corrected chi connectivity index (χ3v) is 7.07. The van der Waals surface area contributed by atoms with Crippen molar-refractivity contribution in [1.82, 2.24) is 4.57 Å². The van der Waals surface area contributed by atoms with E-state index in [-0.39, 0.29) is 0 Å². The largest absolute Gasteiger partial charge is 0.339 e. The van der Waals surface area contributed by atoms with Crippen molar-refractivity contribution in [1.29, 1.82) is 0 Å². The number of hydrogen-bond donors (Lipinski definition) is 1. The number of benzene rings is 2. The molecule has 2 atom stereocenters. The molecule has 1 N–H and O–H groups in total. The lowest BCUT2D eigenvalue weighted by atomic mass is 9.90. The van der Waals surface area contributed by atoms with Gasteiger partial charge in [0.25, 0.3) is 0 Å². The molecule has 2 heterocycles. The number of quaternary nitrogens is 1. The molecule has 146 valence electrons. The summed E-state index contributed by atoms with van der Waals surface area (Å²) in [6.45, 7) is 10.4. The van der Waals surface area contributed by atoms with Gasteiger partial charge in [0.05, 0.1) is 12.2 Å². The summed E-state index contributed by atoms with van der Waals surface area (Å²) in [6, 6.07) is 17.2. The maximum absolute atomic E-state index is 2.68. The summed E-state index contributed by atoms with van der Waals surface area (Å²) in [5.41, 5.74) is 9.13. The Morgan fingerprint density at radius 3 is 2.68 bits per heavy atom. The van der Waals surface area contributed by atoms with E-state index in [1.54, 1.807) is 16.2 Å². The van der Waals surface area contributed by atoms with Crippen LogP contribution in [0.3, 0.4) is 0 Å². The van der Waals surface area contributed by atoms with E-state index < -0.39 is 0 Å². The molecule has 1 aliphatic heterocycles. The zero-order chi connectivity index (χ0) is 19.3. The highest BCUT2D eigenvalue weighted by Crippen LogP contribution is 2.37. The fraction of sp³-hybridized carbons (Fsp3) is 0.462. The van der Waals surface area contributed by atoms with Gasteiger partial charge in [0, 0.05) is 35.9 Å². The average Bonchev–Trinajstić information content (AvgIpc) is 2.88. The topological polar surface area (TPSA) is 9.37 Å². The average molecular weight is 374 g/mol. The van der Waals surface area contributed by atoms with E-state index in [2.05, 4.69) is 67.8 Å². The molecule has 0 fully saturated rings. The number of rotatable bonds is 3. The van der Waals surface area contributed by atoms with Crippen LogP contribution in [-0.4, -0.2) is 11.1 Å². The summed E-state index contributed by atoms with van der Waals surface area (Å²) in [6.07, 6.45) is 5.21. The third kappa shape index (κ3) is 2.99.